The number of anilines is 1. The van der Waals surface area contributed by atoms with Crippen LogP contribution in [0.3, 0.4) is 0 Å². The van der Waals surface area contributed by atoms with Crippen LogP contribution in [0, 0.1) is 0 Å². The predicted octanol–water partition coefficient (Wildman–Crippen LogP) is 2.59. The summed E-state index contributed by atoms with van der Waals surface area (Å²) in [5.41, 5.74) is 1.49. The minimum atomic E-state index is -0.477. The van der Waals surface area contributed by atoms with Crippen molar-refractivity contribution in [3.63, 3.8) is 0 Å². The van der Waals surface area contributed by atoms with E-state index in [9.17, 15) is 9.59 Å². The second-order valence-electron chi connectivity index (χ2n) is 6.68. The molecule has 1 fully saturated rings. The van der Waals surface area contributed by atoms with Gasteiger partial charge in [0.1, 0.15) is 5.75 Å². The van der Waals surface area contributed by atoms with Gasteiger partial charge in [0, 0.05) is 25.3 Å². The third kappa shape index (κ3) is 4.51. The number of carbonyl (C=O) groups is 2. The molecule has 1 saturated carbocycles. The molecule has 136 valence electrons. The van der Waals surface area contributed by atoms with Crippen LogP contribution in [-0.4, -0.2) is 38.2 Å². The van der Waals surface area contributed by atoms with Gasteiger partial charge in [-0.05, 0) is 43.0 Å². The van der Waals surface area contributed by atoms with Crippen LogP contribution in [0.1, 0.15) is 50.0 Å². The number of carbonyl (C=O) groups excluding carboxylic acids is 2. The molecule has 1 aliphatic carbocycles. The Morgan fingerprint density at radius 2 is 2.12 bits per heavy atom. The molecule has 0 spiro atoms. The number of rotatable bonds is 7. The minimum Gasteiger partial charge on any atom is -0.497 e. The van der Waals surface area contributed by atoms with Crippen molar-refractivity contribution in [1.82, 2.24) is 5.32 Å². The second kappa shape index (κ2) is 8.34. The summed E-state index contributed by atoms with van der Waals surface area (Å²) in [5.74, 6) is -0.0557. The zero-order valence-corrected chi connectivity index (χ0v) is 14.7. The molecule has 1 unspecified atom stereocenters. The number of hydrogen-bond acceptors (Lipinski definition) is 4. The number of hydrogen-bond donors (Lipinski definition) is 2. The zero-order valence-electron chi connectivity index (χ0n) is 14.7. The first-order valence-corrected chi connectivity index (χ1v) is 9.04. The molecular formula is C19H26N2O4. The van der Waals surface area contributed by atoms with E-state index in [1.54, 1.807) is 19.2 Å². The highest BCUT2D eigenvalue weighted by Crippen LogP contribution is 2.35. The van der Waals surface area contributed by atoms with Crippen LogP contribution in [0.2, 0.25) is 0 Å². The predicted molar refractivity (Wildman–Crippen MR) is 94.8 cm³/mol. The van der Waals surface area contributed by atoms with E-state index in [-0.39, 0.29) is 18.2 Å². The van der Waals surface area contributed by atoms with Gasteiger partial charge in [-0.2, -0.15) is 0 Å². The number of amides is 2. The zero-order chi connectivity index (χ0) is 17.6. The minimum absolute atomic E-state index is 0.120. The quantitative estimate of drug-likeness (QED) is 0.744. The summed E-state index contributed by atoms with van der Waals surface area (Å²) in [6, 6.07) is 5.38. The molecule has 0 radical (unpaired) electrons. The third-order valence-corrected chi connectivity index (χ3v) is 4.89. The Morgan fingerprint density at radius 3 is 2.88 bits per heavy atom. The van der Waals surface area contributed by atoms with E-state index in [1.165, 1.54) is 12.8 Å². The summed E-state index contributed by atoms with van der Waals surface area (Å²) < 4.78 is 11.0. The fraction of sp³-hybridized carbons (Fsp3) is 0.579. The normalized spacial score (nSPS) is 20.0. The number of fused-ring (bicyclic) bond motifs is 1. The molecule has 25 heavy (non-hydrogen) atoms. The van der Waals surface area contributed by atoms with Crippen molar-refractivity contribution in [2.75, 3.05) is 25.6 Å². The van der Waals surface area contributed by atoms with Gasteiger partial charge in [-0.25, -0.2) is 0 Å². The van der Waals surface area contributed by atoms with Crippen LogP contribution in [0.4, 0.5) is 5.69 Å². The summed E-state index contributed by atoms with van der Waals surface area (Å²) in [5, 5.41) is 5.75. The van der Waals surface area contributed by atoms with E-state index in [2.05, 4.69) is 10.6 Å². The Morgan fingerprint density at radius 1 is 1.32 bits per heavy atom. The number of benzene rings is 1. The Balaban J connectivity index is 1.52. The number of methoxy groups -OCH3 is 1. The van der Waals surface area contributed by atoms with E-state index in [1.807, 2.05) is 6.07 Å². The number of ether oxygens (including phenoxy) is 2. The van der Waals surface area contributed by atoms with Crippen molar-refractivity contribution in [3.05, 3.63) is 23.8 Å². The van der Waals surface area contributed by atoms with Crippen LogP contribution in [-0.2, 0) is 14.3 Å². The highest BCUT2D eigenvalue weighted by molar-refractivity contribution is 6.01. The molecule has 1 atom stereocenters. The van der Waals surface area contributed by atoms with Crippen LogP contribution >= 0.6 is 0 Å². The Labute approximate surface area is 148 Å². The maximum atomic E-state index is 12.6. The van der Waals surface area contributed by atoms with Crippen molar-refractivity contribution in [2.45, 2.75) is 50.5 Å². The molecule has 2 amide bonds. The molecule has 2 aliphatic rings. The molecule has 0 aromatic heterocycles. The fourth-order valence-corrected chi connectivity index (χ4v) is 3.51. The summed E-state index contributed by atoms with van der Waals surface area (Å²) >= 11 is 0. The highest BCUT2D eigenvalue weighted by atomic mass is 16.5. The smallest absolute Gasteiger partial charge is 0.228 e. The molecule has 6 nitrogen and oxygen atoms in total. The van der Waals surface area contributed by atoms with Gasteiger partial charge < -0.3 is 20.1 Å². The average Bonchev–Trinajstić information content (AvgIpc) is 3.13. The summed E-state index contributed by atoms with van der Waals surface area (Å²) in [6.07, 6.45) is 6.17. The standard InChI is InChI=1S/C19H26N2O4/c1-24-14-7-8-17-15(11-14)16(12-18(22)21-17)19(23)20-9-4-10-25-13-5-2-3-6-13/h7-8,11,13,16H,2-6,9-10,12H2,1H3,(H,20,23)(H,21,22). The van der Waals surface area contributed by atoms with Crippen LogP contribution in [0.15, 0.2) is 18.2 Å². The van der Waals surface area contributed by atoms with Gasteiger partial charge in [0.15, 0.2) is 0 Å². The van der Waals surface area contributed by atoms with Crippen molar-refractivity contribution in [3.8, 4) is 5.75 Å². The highest BCUT2D eigenvalue weighted by Gasteiger charge is 2.30. The first kappa shape index (κ1) is 17.7. The van der Waals surface area contributed by atoms with Gasteiger partial charge in [-0.1, -0.05) is 12.8 Å². The van der Waals surface area contributed by atoms with E-state index in [0.29, 0.717) is 30.7 Å². The summed E-state index contributed by atoms with van der Waals surface area (Å²) in [4.78, 5) is 24.4. The van der Waals surface area contributed by atoms with Gasteiger partial charge in [0.2, 0.25) is 11.8 Å². The maximum Gasteiger partial charge on any atom is 0.228 e. The van der Waals surface area contributed by atoms with Crippen molar-refractivity contribution >= 4 is 17.5 Å². The third-order valence-electron chi connectivity index (χ3n) is 4.89. The largest absolute Gasteiger partial charge is 0.497 e. The fourth-order valence-electron chi connectivity index (χ4n) is 3.51. The van der Waals surface area contributed by atoms with Crippen LogP contribution in [0.5, 0.6) is 5.75 Å². The molecule has 0 bridgehead atoms. The molecule has 1 aromatic rings. The van der Waals surface area contributed by atoms with Crippen molar-refractivity contribution < 1.29 is 19.1 Å². The molecule has 3 rings (SSSR count). The van der Waals surface area contributed by atoms with Crippen LogP contribution in [0.25, 0.3) is 0 Å². The SMILES string of the molecule is COc1ccc2c(c1)C(C(=O)NCCCOC1CCCC1)CC(=O)N2. The summed E-state index contributed by atoms with van der Waals surface area (Å²) in [6.45, 7) is 1.23. The second-order valence-corrected chi connectivity index (χ2v) is 6.68. The topological polar surface area (TPSA) is 76.7 Å². The van der Waals surface area contributed by atoms with Gasteiger partial charge in [0.05, 0.1) is 19.1 Å². The van der Waals surface area contributed by atoms with Crippen molar-refractivity contribution in [1.29, 1.82) is 0 Å². The van der Waals surface area contributed by atoms with E-state index < -0.39 is 5.92 Å². The van der Waals surface area contributed by atoms with Gasteiger partial charge in [-0.3, -0.25) is 9.59 Å². The maximum absolute atomic E-state index is 12.6. The summed E-state index contributed by atoms with van der Waals surface area (Å²) in [7, 11) is 1.59. The molecule has 6 heteroatoms. The Hall–Kier alpha value is -2.08. The van der Waals surface area contributed by atoms with Gasteiger partial charge >= 0.3 is 0 Å². The monoisotopic (exact) mass is 346 g/mol. The molecule has 1 aromatic carbocycles. The average molecular weight is 346 g/mol. The Kier molecular flexibility index (Phi) is 5.91. The first-order chi connectivity index (χ1) is 12.2. The van der Waals surface area contributed by atoms with E-state index in [0.717, 1.165) is 24.8 Å². The number of nitrogens with one attached hydrogen (secondary N) is 2. The van der Waals surface area contributed by atoms with Gasteiger partial charge in [0.25, 0.3) is 0 Å². The molecule has 2 N–H and O–H groups in total. The molecule has 1 heterocycles. The first-order valence-electron chi connectivity index (χ1n) is 9.04. The lowest BCUT2D eigenvalue weighted by atomic mass is 9.89. The van der Waals surface area contributed by atoms with Crippen molar-refractivity contribution in [2.24, 2.45) is 0 Å². The van der Waals surface area contributed by atoms with Crippen LogP contribution < -0.4 is 15.4 Å². The molecular weight excluding hydrogens is 320 g/mol. The molecule has 0 saturated heterocycles. The van der Waals surface area contributed by atoms with E-state index in [4.69, 9.17) is 9.47 Å². The molecule has 1 aliphatic heterocycles. The van der Waals surface area contributed by atoms with E-state index >= 15 is 0 Å². The lowest BCUT2D eigenvalue weighted by molar-refractivity contribution is -0.126. The lowest BCUT2D eigenvalue weighted by Gasteiger charge is -2.25. The van der Waals surface area contributed by atoms with Gasteiger partial charge in [-0.15, -0.1) is 0 Å². The lowest BCUT2D eigenvalue weighted by Crippen LogP contribution is -2.35. The Bertz CT molecular complexity index is 626.